The van der Waals surface area contributed by atoms with E-state index >= 15 is 0 Å². The molecule has 0 radical (unpaired) electrons. The van der Waals surface area contributed by atoms with Crippen LogP contribution in [0.5, 0.6) is 0 Å². The Labute approximate surface area is 182 Å². The number of nitrogens with zero attached hydrogens (tertiary/aromatic N) is 1. The van der Waals surface area contributed by atoms with E-state index in [1.165, 1.54) is 5.56 Å². The van der Waals surface area contributed by atoms with Gasteiger partial charge < -0.3 is 10.6 Å². The second kappa shape index (κ2) is 6.72. The number of hydrogen-bond acceptors (Lipinski definition) is 2. The lowest BCUT2D eigenvalue weighted by Crippen LogP contribution is -2.57. The van der Waals surface area contributed by atoms with Gasteiger partial charge in [0.15, 0.2) is 0 Å². The van der Waals surface area contributed by atoms with Gasteiger partial charge in [-0.2, -0.15) is 13.2 Å². The Kier molecular flexibility index (Phi) is 4.62. The predicted molar refractivity (Wildman–Crippen MR) is 113 cm³/mol. The number of benzene rings is 1. The number of carbonyl (C=O) groups is 1. The van der Waals surface area contributed by atoms with Crippen molar-refractivity contribution in [3.8, 4) is 0 Å². The molecule has 1 aliphatic heterocycles. The third-order valence-electron chi connectivity index (χ3n) is 9.25. The number of likely N-dealkylation sites (tertiary alicyclic amines) is 1. The van der Waals surface area contributed by atoms with Crippen LogP contribution in [0.1, 0.15) is 57.9 Å². The Bertz CT molecular complexity index is 869. The molecule has 5 fully saturated rings. The van der Waals surface area contributed by atoms with Gasteiger partial charge in [-0.1, -0.05) is 44.2 Å². The fourth-order valence-electron chi connectivity index (χ4n) is 7.93. The van der Waals surface area contributed by atoms with Crippen molar-refractivity contribution in [1.82, 2.24) is 4.90 Å². The Morgan fingerprint density at radius 1 is 1.16 bits per heavy atom. The van der Waals surface area contributed by atoms with Gasteiger partial charge in [0.25, 0.3) is 0 Å². The molecule has 6 atom stereocenters. The average molecular weight is 435 g/mol. The Balaban J connectivity index is 1.50. The zero-order valence-corrected chi connectivity index (χ0v) is 18.4. The van der Waals surface area contributed by atoms with Gasteiger partial charge in [0.2, 0.25) is 5.91 Å². The highest BCUT2D eigenvalue weighted by atomic mass is 19.4. The minimum absolute atomic E-state index is 0.0293. The molecule has 4 bridgehead atoms. The van der Waals surface area contributed by atoms with Crippen LogP contribution in [-0.2, 0) is 10.2 Å². The minimum Gasteiger partial charge on any atom is -0.342 e. The number of nitrogens with two attached hydrogens (primary N) is 1. The van der Waals surface area contributed by atoms with Crippen molar-refractivity contribution in [1.29, 1.82) is 0 Å². The number of carbonyl (C=O) groups excluding carboxylic acids is 1. The number of rotatable bonds is 3. The molecular weight excluding hydrogens is 401 g/mol. The summed E-state index contributed by atoms with van der Waals surface area (Å²) in [5.41, 5.74) is 6.50. The summed E-state index contributed by atoms with van der Waals surface area (Å²) in [6, 6.07) is 10.2. The summed E-state index contributed by atoms with van der Waals surface area (Å²) in [5.74, 6) is -0.536. The fraction of sp³-hybridized carbons (Fsp3) is 0.720. The molecule has 6 rings (SSSR count). The molecule has 3 nitrogen and oxygen atoms in total. The molecule has 4 aliphatic carbocycles. The highest BCUT2D eigenvalue weighted by Gasteiger charge is 2.72. The summed E-state index contributed by atoms with van der Waals surface area (Å²) < 4.78 is 40.5. The third kappa shape index (κ3) is 3.23. The van der Waals surface area contributed by atoms with E-state index in [9.17, 15) is 18.0 Å². The summed E-state index contributed by atoms with van der Waals surface area (Å²) in [6.45, 7) is 5.38. The van der Waals surface area contributed by atoms with E-state index in [1.807, 2.05) is 23.1 Å². The topological polar surface area (TPSA) is 46.3 Å². The molecule has 5 aliphatic rings. The first-order valence-corrected chi connectivity index (χ1v) is 11.6. The first kappa shape index (κ1) is 21.3. The van der Waals surface area contributed by atoms with E-state index in [0.717, 1.165) is 12.8 Å². The lowest BCUT2D eigenvalue weighted by atomic mass is 9.61. The van der Waals surface area contributed by atoms with Crippen LogP contribution in [0.3, 0.4) is 0 Å². The predicted octanol–water partition coefficient (Wildman–Crippen LogP) is 4.90. The molecule has 170 valence electrons. The van der Waals surface area contributed by atoms with Crippen LogP contribution >= 0.6 is 0 Å². The van der Waals surface area contributed by atoms with E-state index in [1.54, 1.807) is 0 Å². The zero-order chi connectivity index (χ0) is 22.2. The molecule has 1 saturated heterocycles. The summed E-state index contributed by atoms with van der Waals surface area (Å²) in [5, 5.41) is 0. The number of hydrogen-bond donors (Lipinski definition) is 1. The van der Waals surface area contributed by atoms with Crippen molar-refractivity contribution in [2.24, 2.45) is 34.3 Å². The maximum absolute atomic E-state index is 14.1. The molecule has 6 heteroatoms. The maximum atomic E-state index is 14.1. The van der Waals surface area contributed by atoms with Gasteiger partial charge in [-0.15, -0.1) is 0 Å². The van der Waals surface area contributed by atoms with E-state index in [0.29, 0.717) is 32.4 Å². The van der Waals surface area contributed by atoms with Crippen molar-refractivity contribution in [3.63, 3.8) is 0 Å². The number of halogens is 3. The SMILES string of the molecule is CC1(C)CN(C(=O)C23CC4CC(c5ccccc5)(CC2C4CC(F)(F)F)C3)CC[C@@H]1N. The van der Waals surface area contributed by atoms with Gasteiger partial charge in [0.1, 0.15) is 0 Å². The molecule has 31 heavy (non-hydrogen) atoms. The van der Waals surface area contributed by atoms with E-state index in [2.05, 4.69) is 26.0 Å². The molecule has 1 amide bonds. The molecule has 0 spiro atoms. The van der Waals surface area contributed by atoms with Crippen LogP contribution in [-0.4, -0.2) is 36.1 Å². The molecule has 1 aromatic rings. The van der Waals surface area contributed by atoms with Crippen LogP contribution in [0.4, 0.5) is 13.2 Å². The standard InChI is InChI=1S/C25H33F3N2O/c1-22(2)15-30(9-8-20(22)29)21(31)24-11-16-10-23(14-24,17-6-4-3-5-7-17)13-19(24)18(16)12-25(26,27)28/h3-7,16,18-20H,8-15,29H2,1-2H3/t16?,18?,19?,20-,23?,24?/m0/s1. The second-order valence-corrected chi connectivity index (χ2v) is 11.6. The highest BCUT2D eigenvalue weighted by molar-refractivity contribution is 5.85. The summed E-state index contributed by atoms with van der Waals surface area (Å²) in [7, 11) is 0. The van der Waals surface area contributed by atoms with Crippen molar-refractivity contribution in [2.75, 3.05) is 13.1 Å². The quantitative estimate of drug-likeness (QED) is 0.736. The van der Waals surface area contributed by atoms with Gasteiger partial charge in [0, 0.05) is 25.6 Å². The maximum Gasteiger partial charge on any atom is 0.389 e. The van der Waals surface area contributed by atoms with Crippen LogP contribution in [0, 0.1) is 28.6 Å². The molecule has 1 aromatic carbocycles. The van der Waals surface area contributed by atoms with E-state index < -0.39 is 23.9 Å². The summed E-state index contributed by atoms with van der Waals surface area (Å²) >= 11 is 0. The first-order valence-electron chi connectivity index (χ1n) is 11.6. The smallest absolute Gasteiger partial charge is 0.342 e. The number of alkyl halides is 3. The van der Waals surface area contributed by atoms with Crippen LogP contribution < -0.4 is 5.73 Å². The van der Waals surface area contributed by atoms with Crippen molar-refractivity contribution in [3.05, 3.63) is 35.9 Å². The normalized spacial score (nSPS) is 41.0. The monoisotopic (exact) mass is 434 g/mol. The third-order valence-corrected chi connectivity index (χ3v) is 9.25. The number of piperidine rings is 1. The minimum atomic E-state index is -4.18. The molecule has 5 unspecified atom stereocenters. The van der Waals surface area contributed by atoms with Gasteiger partial charge in [-0.3, -0.25) is 4.79 Å². The molecule has 1 heterocycles. The van der Waals surface area contributed by atoms with Crippen LogP contribution in [0.2, 0.25) is 0 Å². The summed E-state index contributed by atoms with van der Waals surface area (Å²) in [6.07, 6.45) is -1.39. The largest absolute Gasteiger partial charge is 0.389 e. The number of amides is 1. The average Bonchev–Trinajstić information content (AvgIpc) is 3.06. The van der Waals surface area contributed by atoms with Crippen molar-refractivity contribution >= 4 is 5.91 Å². The summed E-state index contributed by atoms with van der Waals surface area (Å²) in [4.78, 5) is 16.0. The van der Waals surface area contributed by atoms with E-state index in [-0.39, 0.29) is 34.6 Å². The van der Waals surface area contributed by atoms with Gasteiger partial charge >= 0.3 is 6.18 Å². The van der Waals surface area contributed by atoms with Crippen molar-refractivity contribution < 1.29 is 18.0 Å². The van der Waals surface area contributed by atoms with Crippen LogP contribution in [0.25, 0.3) is 0 Å². The zero-order valence-electron chi connectivity index (χ0n) is 18.4. The molecule has 0 aromatic heterocycles. The fourth-order valence-corrected chi connectivity index (χ4v) is 7.93. The van der Waals surface area contributed by atoms with Gasteiger partial charge in [-0.25, -0.2) is 0 Å². The lowest BCUT2D eigenvalue weighted by molar-refractivity contribution is -0.156. The van der Waals surface area contributed by atoms with Crippen LogP contribution in [0.15, 0.2) is 30.3 Å². The van der Waals surface area contributed by atoms with Crippen molar-refractivity contribution in [2.45, 2.75) is 70.0 Å². The molecular formula is C25H33F3N2O. The Morgan fingerprint density at radius 3 is 2.52 bits per heavy atom. The first-order chi connectivity index (χ1) is 14.5. The molecule has 4 saturated carbocycles. The second-order valence-electron chi connectivity index (χ2n) is 11.6. The molecule has 2 N–H and O–H groups in total. The lowest BCUT2D eigenvalue weighted by Gasteiger charge is -2.47. The Morgan fingerprint density at radius 2 is 1.87 bits per heavy atom. The highest BCUT2D eigenvalue weighted by Crippen LogP contribution is 2.74. The van der Waals surface area contributed by atoms with Gasteiger partial charge in [-0.05, 0) is 66.3 Å². The Hall–Kier alpha value is -1.56. The van der Waals surface area contributed by atoms with Gasteiger partial charge in [0.05, 0.1) is 5.41 Å². The van der Waals surface area contributed by atoms with E-state index in [4.69, 9.17) is 5.73 Å².